The Bertz CT molecular complexity index is 283. The average molecular weight is 397 g/mol. The summed E-state index contributed by atoms with van der Waals surface area (Å²) in [5.74, 6) is -1.19. The summed E-state index contributed by atoms with van der Waals surface area (Å²) in [7, 11) is 0. The average Bonchev–Trinajstić information content (AvgIpc) is 2.59. The van der Waals surface area contributed by atoms with Crippen molar-refractivity contribution in [1.82, 2.24) is 0 Å². The molecule has 0 aliphatic heterocycles. The summed E-state index contributed by atoms with van der Waals surface area (Å²) in [6, 6.07) is 0. The van der Waals surface area contributed by atoms with Gasteiger partial charge >= 0.3 is 57.4 Å². The Morgan fingerprint density at radius 1 is 0.769 bits per heavy atom. The van der Waals surface area contributed by atoms with Crippen molar-refractivity contribution in [3.05, 3.63) is 0 Å². The third-order valence-electron chi connectivity index (χ3n) is 4.24. The molecule has 0 radical (unpaired) electrons. The third-order valence-corrected chi connectivity index (χ3v) is 4.24. The van der Waals surface area contributed by atoms with E-state index in [1.165, 1.54) is 96.8 Å². The van der Waals surface area contributed by atoms with Crippen LogP contribution in [0, 0.1) is 0 Å². The van der Waals surface area contributed by atoms with Crippen molar-refractivity contribution in [2.75, 3.05) is 0 Å². The number of unbranched alkanes of at least 4 members (excludes halogenated alkanes) is 15. The normalized spacial score (nSPS) is 11.0. The zero-order valence-electron chi connectivity index (χ0n) is 17.6. The molecule has 5 heteroatoms. The maximum absolute atomic E-state index is 10.0. The van der Waals surface area contributed by atoms with E-state index >= 15 is 0 Å². The molecule has 150 valence electrons. The number of carbonyl (C=O) groups excluding carboxylic acids is 1. The second kappa shape index (κ2) is 28.0. The Kier molecular flexibility index (Phi) is 33.8. The first-order valence-corrected chi connectivity index (χ1v) is 10.3. The smallest absolute Gasteiger partial charge is 0.542 e. The molecular formula is C21H41KO4. The molecule has 0 aromatic carbocycles. The Balaban J connectivity index is -0.000000649. The molecule has 0 spiro atoms. The summed E-state index contributed by atoms with van der Waals surface area (Å²) in [5.41, 5.74) is 0. The van der Waals surface area contributed by atoms with E-state index in [9.17, 15) is 9.59 Å². The molecule has 2 N–H and O–H groups in total. The van der Waals surface area contributed by atoms with E-state index in [4.69, 9.17) is 10.2 Å². The minimum Gasteiger partial charge on any atom is -0.542 e. The SMILES string of the molecule is CC(O)C(=O)O.CCCCCCCCCCCCCCCCC[C-]=O.[K+]. The van der Waals surface area contributed by atoms with E-state index in [0.717, 1.165) is 6.42 Å². The number of hydrogen-bond donors (Lipinski definition) is 2. The van der Waals surface area contributed by atoms with Crippen LogP contribution in [-0.2, 0) is 9.59 Å². The quantitative estimate of drug-likeness (QED) is 0.225. The molecule has 0 saturated heterocycles. The summed E-state index contributed by atoms with van der Waals surface area (Å²) in [6.07, 6.45) is 22.0. The predicted octanol–water partition coefficient (Wildman–Crippen LogP) is 2.81. The van der Waals surface area contributed by atoms with Gasteiger partial charge in [0, 0.05) is 0 Å². The van der Waals surface area contributed by atoms with Crippen molar-refractivity contribution >= 4 is 12.3 Å². The Hall–Kier alpha value is 0.736. The van der Waals surface area contributed by atoms with Crippen LogP contribution in [0.4, 0.5) is 0 Å². The van der Waals surface area contributed by atoms with Crippen molar-refractivity contribution in [3.63, 3.8) is 0 Å². The second-order valence-electron chi connectivity index (χ2n) is 6.86. The molecule has 0 aliphatic carbocycles. The van der Waals surface area contributed by atoms with Gasteiger partial charge < -0.3 is 15.0 Å². The number of hydrogen-bond acceptors (Lipinski definition) is 3. The Labute approximate surface area is 204 Å². The van der Waals surface area contributed by atoms with E-state index < -0.39 is 12.1 Å². The number of carboxylic acids is 1. The van der Waals surface area contributed by atoms with E-state index in [0.29, 0.717) is 6.42 Å². The molecule has 0 aromatic rings. The zero-order chi connectivity index (χ0) is 19.2. The molecule has 0 bridgehead atoms. The van der Waals surface area contributed by atoms with Gasteiger partial charge in [0.25, 0.3) is 0 Å². The van der Waals surface area contributed by atoms with Crippen LogP contribution in [0.25, 0.3) is 0 Å². The van der Waals surface area contributed by atoms with Crippen LogP contribution in [0.1, 0.15) is 117 Å². The number of aliphatic hydroxyl groups excluding tert-OH is 1. The summed E-state index contributed by atoms with van der Waals surface area (Å²) in [5, 5.41) is 15.8. The first kappa shape index (κ1) is 31.4. The van der Waals surface area contributed by atoms with E-state index in [1.807, 2.05) is 6.29 Å². The van der Waals surface area contributed by atoms with Crippen LogP contribution >= 0.6 is 0 Å². The van der Waals surface area contributed by atoms with Crippen LogP contribution in [-0.4, -0.2) is 28.6 Å². The van der Waals surface area contributed by atoms with Gasteiger partial charge in [-0.05, 0) is 6.92 Å². The van der Waals surface area contributed by atoms with Crippen LogP contribution in [0.5, 0.6) is 0 Å². The third kappa shape index (κ3) is 32.4. The van der Waals surface area contributed by atoms with Crippen LogP contribution in [0.15, 0.2) is 0 Å². The van der Waals surface area contributed by atoms with Gasteiger partial charge in [0.05, 0.1) is 0 Å². The first-order chi connectivity index (χ1) is 12.1. The van der Waals surface area contributed by atoms with Gasteiger partial charge in [-0.2, -0.15) is 6.42 Å². The molecule has 1 unspecified atom stereocenters. The summed E-state index contributed by atoms with van der Waals surface area (Å²) >= 11 is 0. The molecule has 0 saturated carbocycles. The molecule has 0 rings (SSSR count). The van der Waals surface area contributed by atoms with Crippen molar-refractivity contribution in [2.45, 2.75) is 123 Å². The standard InChI is InChI=1S/C18H35O.C3H6O3.K/c1-2-3-4-5-6-7-8-9-10-11-12-13-14-15-16-17-18-19;1-2(4)3(5)6;/h2-17H2,1H3;2,4H,1H3,(H,5,6);/q-1;;+1. The molecule has 1 atom stereocenters. The van der Waals surface area contributed by atoms with Crippen LogP contribution in [0.2, 0.25) is 0 Å². The molecule has 0 fully saturated rings. The fraction of sp³-hybridized carbons (Fsp3) is 0.905. The first-order valence-electron chi connectivity index (χ1n) is 10.3. The predicted molar refractivity (Wildman–Crippen MR) is 105 cm³/mol. The molecule has 0 amide bonds. The van der Waals surface area contributed by atoms with Crippen molar-refractivity contribution in [3.8, 4) is 0 Å². The van der Waals surface area contributed by atoms with Gasteiger partial charge in [0.15, 0.2) is 0 Å². The molecule has 0 heterocycles. The summed E-state index contributed by atoms with van der Waals surface area (Å²) in [4.78, 5) is 19.5. The maximum Gasteiger partial charge on any atom is 1.00 e. The minimum absolute atomic E-state index is 0. The van der Waals surface area contributed by atoms with Gasteiger partial charge in [0.2, 0.25) is 0 Å². The molecule has 26 heavy (non-hydrogen) atoms. The van der Waals surface area contributed by atoms with E-state index in [2.05, 4.69) is 6.92 Å². The number of aliphatic carboxylic acids is 1. The van der Waals surface area contributed by atoms with Crippen LogP contribution < -0.4 is 51.4 Å². The van der Waals surface area contributed by atoms with Crippen molar-refractivity contribution < 1.29 is 71.2 Å². The zero-order valence-corrected chi connectivity index (χ0v) is 20.7. The van der Waals surface area contributed by atoms with Crippen LogP contribution in [0.3, 0.4) is 0 Å². The molecule has 0 aromatic heterocycles. The number of carbonyl (C=O) groups is 1. The topological polar surface area (TPSA) is 74.6 Å². The Morgan fingerprint density at radius 2 is 1.04 bits per heavy atom. The largest absolute Gasteiger partial charge is 1.00 e. The molecular weight excluding hydrogens is 355 g/mol. The fourth-order valence-electron chi connectivity index (χ4n) is 2.57. The van der Waals surface area contributed by atoms with Crippen molar-refractivity contribution in [1.29, 1.82) is 0 Å². The number of carboxylic acid groups (broad SMARTS) is 1. The monoisotopic (exact) mass is 396 g/mol. The minimum atomic E-state index is -1.23. The van der Waals surface area contributed by atoms with Gasteiger partial charge in [-0.1, -0.05) is 103 Å². The molecule has 4 nitrogen and oxygen atoms in total. The van der Waals surface area contributed by atoms with Crippen molar-refractivity contribution in [2.24, 2.45) is 0 Å². The fourth-order valence-corrected chi connectivity index (χ4v) is 2.57. The molecule has 0 aliphatic rings. The summed E-state index contributed by atoms with van der Waals surface area (Å²) in [6.45, 7) is 3.48. The number of rotatable bonds is 17. The number of aliphatic hydroxyl groups is 1. The summed E-state index contributed by atoms with van der Waals surface area (Å²) < 4.78 is 0. The maximum atomic E-state index is 10.0. The van der Waals surface area contributed by atoms with E-state index in [-0.39, 0.29) is 51.4 Å². The second-order valence-corrected chi connectivity index (χ2v) is 6.86. The van der Waals surface area contributed by atoms with Gasteiger partial charge in [-0.25, -0.2) is 4.79 Å². The van der Waals surface area contributed by atoms with Gasteiger partial charge in [0.1, 0.15) is 6.10 Å². The van der Waals surface area contributed by atoms with Gasteiger partial charge in [-0.15, -0.1) is 0 Å². The van der Waals surface area contributed by atoms with E-state index in [1.54, 1.807) is 0 Å². The Morgan fingerprint density at radius 3 is 1.27 bits per heavy atom. The van der Waals surface area contributed by atoms with Gasteiger partial charge in [-0.3, -0.25) is 6.29 Å².